The van der Waals surface area contributed by atoms with Crippen molar-refractivity contribution in [2.45, 2.75) is 33.8 Å². The summed E-state index contributed by atoms with van der Waals surface area (Å²) in [5, 5.41) is 2.90. The third-order valence-corrected chi connectivity index (χ3v) is 3.63. The van der Waals surface area contributed by atoms with Crippen molar-refractivity contribution in [1.29, 1.82) is 0 Å². The molecule has 0 spiro atoms. The average molecular weight is 283 g/mol. The molecule has 0 saturated carbocycles. The van der Waals surface area contributed by atoms with Crippen LogP contribution in [0.3, 0.4) is 0 Å². The van der Waals surface area contributed by atoms with Crippen molar-refractivity contribution in [2.75, 3.05) is 5.32 Å². The Morgan fingerprint density at radius 3 is 2.38 bits per heavy atom. The molecule has 0 aromatic heterocycles. The van der Waals surface area contributed by atoms with Gasteiger partial charge in [-0.2, -0.15) is 0 Å². The van der Waals surface area contributed by atoms with Crippen molar-refractivity contribution in [1.82, 2.24) is 0 Å². The number of amides is 1. The summed E-state index contributed by atoms with van der Waals surface area (Å²) in [7, 11) is 0. The lowest BCUT2D eigenvalue weighted by atomic mass is 10.1. The fourth-order valence-corrected chi connectivity index (χ4v) is 2.04. The third-order valence-electron chi connectivity index (χ3n) is 3.63. The first-order valence-electron chi connectivity index (χ1n) is 7.08. The number of carbonyl (C=O) groups is 1. The molecule has 0 aliphatic rings. The highest BCUT2D eigenvalue weighted by Crippen LogP contribution is 2.22. The minimum absolute atomic E-state index is 0.148. The van der Waals surface area contributed by atoms with E-state index in [1.165, 1.54) is 0 Å². The van der Waals surface area contributed by atoms with Crippen LogP contribution >= 0.6 is 0 Å². The molecule has 0 bridgehead atoms. The zero-order chi connectivity index (χ0) is 15.4. The van der Waals surface area contributed by atoms with E-state index in [9.17, 15) is 4.79 Å². The average Bonchev–Trinajstić information content (AvgIpc) is 2.46. The van der Waals surface area contributed by atoms with Gasteiger partial charge in [0.1, 0.15) is 5.75 Å². The SMILES string of the molecule is Cc1ccccc1NC(=O)[C@@H](C)Oc1cccc(C)c1C. The Hall–Kier alpha value is -2.29. The van der Waals surface area contributed by atoms with E-state index >= 15 is 0 Å². The Morgan fingerprint density at radius 2 is 1.67 bits per heavy atom. The van der Waals surface area contributed by atoms with Gasteiger partial charge in [0.15, 0.2) is 6.10 Å². The summed E-state index contributed by atoms with van der Waals surface area (Å²) >= 11 is 0. The van der Waals surface area contributed by atoms with Gasteiger partial charge in [-0.25, -0.2) is 0 Å². The summed E-state index contributed by atoms with van der Waals surface area (Å²) in [5.41, 5.74) is 4.07. The van der Waals surface area contributed by atoms with Gasteiger partial charge in [-0.15, -0.1) is 0 Å². The lowest BCUT2D eigenvalue weighted by Gasteiger charge is -2.17. The van der Waals surface area contributed by atoms with Gasteiger partial charge >= 0.3 is 0 Å². The highest BCUT2D eigenvalue weighted by atomic mass is 16.5. The third kappa shape index (κ3) is 3.63. The lowest BCUT2D eigenvalue weighted by Crippen LogP contribution is -2.30. The highest BCUT2D eigenvalue weighted by Gasteiger charge is 2.16. The van der Waals surface area contributed by atoms with Crippen molar-refractivity contribution in [3.05, 3.63) is 59.2 Å². The maximum Gasteiger partial charge on any atom is 0.265 e. The number of aryl methyl sites for hydroxylation is 2. The quantitative estimate of drug-likeness (QED) is 0.920. The normalized spacial score (nSPS) is 11.8. The number of carbonyl (C=O) groups excluding carboxylic acids is 1. The first kappa shape index (κ1) is 15.1. The molecule has 0 radical (unpaired) electrons. The van der Waals surface area contributed by atoms with E-state index in [0.29, 0.717) is 0 Å². The Balaban J connectivity index is 2.06. The largest absolute Gasteiger partial charge is 0.481 e. The molecule has 21 heavy (non-hydrogen) atoms. The summed E-state index contributed by atoms with van der Waals surface area (Å²) in [5.74, 6) is 0.604. The van der Waals surface area contributed by atoms with E-state index in [0.717, 1.165) is 28.1 Å². The number of hydrogen-bond acceptors (Lipinski definition) is 2. The van der Waals surface area contributed by atoms with E-state index in [2.05, 4.69) is 5.32 Å². The zero-order valence-electron chi connectivity index (χ0n) is 12.9. The Kier molecular flexibility index (Phi) is 4.63. The summed E-state index contributed by atoms with van der Waals surface area (Å²) in [6, 6.07) is 13.5. The van der Waals surface area contributed by atoms with Crippen LogP contribution in [0.15, 0.2) is 42.5 Å². The topological polar surface area (TPSA) is 38.3 Å². The number of anilines is 1. The standard InChI is InChI=1S/C18H21NO2/c1-12-9-7-11-17(14(12)3)21-15(4)18(20)19-16-10-6-5-8-13(16)2/h5-11,15H,1-4H3,(H,19,20)/t15-/m1/s1. The van der Waals surface area contributed by atoms with Crippen LogP contribution < -0.4 is 10.1 Å². The summed E-state index contributed by atoms with van der Waals surface area (Å²) in [6.45, 7) is 7.75. The second-order valence-corrected chi connectivity index (χ2v) is 5.26. The number of hydrogen-bond donors (Lipinski definition) is 1. The fraction of sp³-hybridized carbons (Fsp3) is 0.278. The van der Waals surface area contributed by atoms with E-state index in [1.54, 1.807) is 6.92 Å². The highest BCUT2D eigenvalue weighted by molar-refractivity contribution is 5.94. The molecule has 0 unspecified atom stereocenters. The zero-order valence-corrected chi connectivity index (χ0v) is 12.9. The maximum absolute atomic E-state index is 12.2. The van der Waals surface area contributed by atoms with Crippen LogP contribution in [0.5, 0.6) is 5.75 Å². The van der Waals surface area contributed by atoms with Crippen molar-refractivity contribution in [2.24, 2.45) is 0 Å². The first-order valence-corrected chi connectivity index (χ1v) is 7.08. The van der Waals surface area contributed by atoms with Crippen molar-refractivity contribution >= 4 is 11.6 Å². The Bertz CT molecular complexity index is 649. The van der Waals surface area contributed by atoms with Crippen LogP contribution in [0.2, 0.25) is 0 Å². The molecule has 0 fully saturated rings. The number of ether oxygens (including phenoxy) is 1. The second-order valence-electron chi connectivity index (χ2n) is 5.26. The van der Waals surface area contributed by atoms with Gasteiger partial charge in [0, 0.05) is 5.69 Å². The van der Waals surface area contributed by atoms with Crippen LogP contribution in [-0.4, -0.2) is 12.0 Å². The molecule has 2 aromatic rings. The van der Waals surface area contributed by atoms with Crippen LogP contribution in [0.25, 0.3) is 0 Å². The molecule has 1 atom stereocenters. The monoisotopic (exact) mass is 283 g/mol. The molecule has 0 aliphatic carbocycles. The molecule has 3 nitrogen and oxygen atoms in total. The number of nitrogens with one attached hydrogen (secondary N) is 1. The molecule has 0 aliphatic heterocycles. The lowest BCUT2D eigenvalue weighted by molar-refractivity contribution is -0.122. The van der Waals surface area contributed by atoms with Crippen molar-refractivity contribution in [3.8, 4) is 5.75 Å². The van der Waals surface area contributed by atoms with Gasteiger partial charge in [0.25, 0.3) is 5.91 Å². The maximum atomic E-state index is 12.2. The van der Waals surface area contributed by atoms with Gasteiger partial charge in [0.2, 0.25) is 0 Å². The van der Waals surface area contributed by atoms with Crippen LogP contribution in [0, 0.1) is 20.8 Å². The molecule has 2 rings (SSSR count). The van der Waals surface area contributed by atoms with Crippen LogP contribution in [0.1, 0.15) is 23.6 Å². The van der Waals surface area contributed by atoms with E-state index in [1.807, 2.05) is 63.2 Å². The van der Waals surface area contributed by atoms with Crippen molar-refractivity contribution in [3.63, 3.8) is 0 Å². The number of para-hydroxylation sites is 1. The molecule has 3 heteroatoms. The molecule has 0 saturated heterocycles. The Labute approximate surface area is 126 Å². The summed E-state index contributed by atoms with van der Waals surface area (Å²) in [6.07, 6.45) is -0.551. The molecular weight excluding hydrogens is 262 g/mol. The number of rotatable bonds is 4. The van der Waals surface area contributed by atoms with E-state index in [-0.39, 0.29) is 5.91 Å². The Morgan fingerprint density at radius 1 is 1.00 bits per heavy atom. The predicted molar refractivity (Wildman–Crippen MR) is 85.8 cm³/mol. The molecule has 110 valence electrons. The van der Waals surface area contributed by atoms with E-state index < -0.39 is 6.10 Å². The van der Waals surface area contributed by atoms with Gasteiger partial charge in [-0.3, -0.25) is 4.79 Å². The summed E-state index contributed by atoms with van der Waals surface area (Å²) < 4.78 is 5.79. The molecule has 2 aromatic carbocycles. The molecule has 0 heterocycles. The second kappa shape index (κ2) is 6.44. The predicted octanol–water partition coefficient (Wildman–Crippen LogP) is 4.02. The smallest absolute Gasteiger partial charge is 0.265 e. The first-order chi connectivity index (χ1) is 9.99. The van der Waals surface area contributed by atoms with Gasteiger partial charge in [0.05, 0.1) is 0 Å². The van der Waals surface area contributed by atoms with Crippen molar-refractivity contribution < 1.29 is 9.53 Å². The molecular formula is C18H21NO2. The van der Waals surface area contributed by atoms with Crippen LogP contribution in [0.4, 0.5) is 5.69 Å². The molecule has 1 N–H and O–H groups in total. The minimum Gasteiger partial charge on any atom is -0.481 e. The van der Waals surface area contributed by atoms with E-state index in [4.69, 9.17) is 4.74 Å². The van der Waals surface area contributed by atoms with Gasteiger partial charge in [-0.1, -0.05) is 30.3 Å². The molecule has 1 amide bonds. The fourth-order valence-electron chi connectivity index (χ4n) is 2.04. The summed E-state index contributed by atoms with van der Waals surface area (Å²) in [4.78, 5) is 12.2. The number of benzene rings is 2. The van der Waals surface area contributed by atoms with Gasteiger partial charge in [-0.05, 0) is 56.5 Å². The van der Waals surface area contributed by atoms with Gasteiger partial charge < -0.3 is 10.1 Å². The van der Waals surface area contributed by atoms with Crippen LogP contribution in [-0.2, 0) is 4.79 Å². The minimum atomic E-state index is -0.551.